The highest BCUT2D eigenvalue weighted by molar-refractivity contribution is 5.93. The number of carbonyl (C=O) groups excluding carboxylic acids is 1. The summed E-state index contributed by atoms with van der Waals surface area (Å²) in [5.41, 5.74) is 0.794. The van der Waals surface area contributed by atoms with Gasteiger partial charge >= 0.3 is 0 Å². The molecule has 1 aliphatic heterocycles. The zero-order valence-electron chi connectivity index (χ0n) is 15.9. The lowest BCUT2D eigenvalue weighted by atomic mass is 10.2. The Balaban J connectivity index is 1.28. The second kappa shape index (κ2) is 8.45. The van der Waals surface area contributed by atoms with Crippen molar-refractivity contribution in [2.45, 2.75) is 0 Å². The first-order chi connectivity index (χ1) is 14.1. The Morgan fingerprint density at radius 1 is 1.03 bits per heavy atom. The molecular formula is C22H22FN3O3. The molecule has 1 N–H and O–H groups in total. The number of piperazine rings is 1. The number of amides is 1. The fourth-order valence-electron chi connectivity index (χ4n) is 3.55. The average Bonchev–Trinajstić information content (AvgIpc) is 2.74. The first-order valence-electron chi connectivity index (χ1n) is 9.65. The first kappa shape index (κ1) is 19.1. The summed E-state index contributed by atoms with van der Waals surface area (Å²) >= 11 is 0. The normalized spacial score (nSPS) is 14.9. The fourth-order valence-corrected chi connectivity index (χ4v) is 3.55. The highest BCUT2D eigenvalue weighted by atomic mass is 19.1. The van der Waals surface area contributed by atoms with E-state index in [0.717, 1.165) is 26.2 Å². The molecule has 1 amide bonds. The van der Waals surface area contributed by atoms with Gasteiger partial charge in [0.25, 0.3) is 5.91 Å². The minimum absolute atomic E-state index is 0.0121. The molecule has 1 aliphatic rings. The van der Waals surface area contributed by atoms with Crippen molar-refractivity contribution in [1.82, 2.24) is 10.2 Å². The molecule has 0 aliphatic carbocycles. The second-order valence-electron chi connectivity index (χ2n) is 7.01. The Labute approximate surface area is 167 Å². The van der Waals surface area contributed by atoms with Gasteiger partial charge in [-0.3, -0.25) is 14.5 Å². The Kier molecular flexibility index (Phi) is 5.57. The number of para-hydroxylation sites is 2. The Bertz CT molecular complexity index is 1070. The molecule has 4 rings (SSSR count). The second-order valence-corrected chi connectivity index (χ2v) is 7.01. The predicted molar refractivity (Wildman–Crippen MR) is 110 cm³/mol. The van der Waals surface area contributed by atoms with Crippen LogP contribution < -0.4 is 15.6 Å². The summed E-state index contributed by atoms with van der Waals surface area (Å²) in [5.74, 6) is -0.596. The SMILES string of the molecule is O=C(NCCN1CCN(c2ccccc2F)CC1)c1cc(=O)c2ccccc2o1. The number of anilines is 1. The van der Waals surface area contributed by atoms with Crippen molar-refractivity contribution in [2.24, 2.45) is 0 Å². The van der Waals surface area contributed by atoms with E-state index in [1.54, 1.807) is 36.4 Å². The molecule has 29 heavy (non-hydrogen) atoms. The van der Waals surface area contributed by atoms with Gasteiger partial charge in [0.2, 0.25) is 0 Å². The van der Waals surface area contributed by atoms with Crippen molar-refractivity contribution in [1.29, 1.82) is 0 Å². The van der Waals surface area contributed by atoms with E-state index in [1.807, 2.05) is 11.0 Å². The van der Waals surface area contributed by atoms with E-state index in [4.69, 9.17) is 4.42 Å². The van der Waals surface area contributed by atoms with Gasteiger partial charge in [-0.25, -0.2) is 4.39 Å². The Morgan fingerprint density at radius 2 is 1.76 bits per heavy atom. The lowest BCUT2D eigenvalue weighted by Crippen LogP contribution is -2.48. The van der Waals surface area contributed by atoms with Gasteiger partial charge in [0.1, 0.15) is 11.4 Å². The van der Waals surface area contributed by atoms with Crippen LogP contribution in [-0.2, 0) is 0 Å². The molecule has 0 saturated carbocycles. The third-order valence-corrected chi connectivity index (χ3v) is 5.14. The van der Waals surface area contributed by atoms with E-state index in [-0.39, 0.29) is 17.0 Å². The molecular weight excluding hydrogens is 373 g/mol. The molecule has 0 radical (unpaired) electrons. The molecule has 3 aromatic rings. The standard InChI is InChI=1S/C22H22FN3O3/c23-17-6-2-3-7-18(17)26-13-11-25(12-14-26)10-9-24-22(28)21-15-19(27)16-5-1-4-8-20(16)29-21/h1-8,15H,9-14H2,(H,24,28). The number of carbonyl (C=O) groups is 1. The van der Waals surface area contributed by atoms with Crippen LogP contribution in [0, 0.1) is 5.82 Å². The van der Waals surface area contributed by atoms with E-state index in [1.165, 1.54) is 12.1 Å². The molecule has 0 unspecified atom stereocenters. The number of fused-ring (bicyclic) bond motifs is 1. The summed E-state index contributed by atoms with van der Waals surface area (Å²) in [6.07, 6.45) is 0. The summed E-state index contributed by atoms with van der Waals surface area (Å²) in [5, 5.41) is 3.26. The summed E-state index contributed by atoms with van der Waals surface area (Å²) in [7, 11) is 0. The minimum Gasteiger partial charge on any atom is -0.451 e. The van der Waals surface area contributed by atoms with Crippen LogP contribution in [0.25, 0.3) is 11.0 Å². The fraction of sp³-hybridized carbons (Fsp3) is 0.273. The van der Waals surface area contributed by atoms with Crippen LogP contribution in [0.2, 0.25) is 0 Å². The van der Waals surface area contributed by atoms with Crippen molar-refractivity contribution < 1.29 is 13.6 Å². The molecule has 2 aromatic carbocycles. The van der Waals surface area contributed by atoms with Gasteiger partial charge in [-0.1, -0.05) is 24.3 Å². The number of hydrogen-bond donors (Lipinski definition) is 1. The summed E-state index contributed by atoms with van der Waals surface area (Å²) in [6, 6.07) is 14.9. The van der Waals surface area contributed by atoms with E-state index < -0.39 is 5.91 Å². The molecule has 1 saturated heterocycles. The van der Waals surface area contributed by atoms with E-state index in [0.29, 0.717) is 29.7 Å². The van der Waals surface area contributed by atoms with Crippen molar-refractivity contribution in [2.75, 3.05) is 44.2 Å². The van der Waals surface area contributed by atoms with Crippen LogP contribution in [0.5, 0.6) is 0 Å². The molecule has 150 valence electrons. The van der Waals surface area contributed by atoms with Gasteiger partial charge in [0.15, 0.2) is 11.2 Å². The summed E-state index contributed by atoms with van der Waals surface area (Å²) in [6.45, 7) is 4.15. The highest BCUT2D eigenvalue weighted by Gasteiger charge is 2.19. The van der Waals surface area contributed by atoms with Gasteiger partial charge in [0.05, 0.1) is 11.1 Å². The van der Waals surface area contributed by atoms with Gasteiger partial charge < -0.3 is 14.6 Å². The summed E-state index contributed by atoms with van der Waals surface area (Å²) in [4.78, 5) is 28.7. The first-order valence-corrected chi connectivity index (χ1v) is 9.65. The molecule has 6 nitrogen and oxygen atoms in total. The van der Waals surface area contributed by atoms with Crippen molar-refractivity contribution in [3.63, 3.8) is 0 Å². The molecule has 1 fully saturated rings. The number of nitrogens with one attached hydrogen (secondary N) is 1. The molecule has 0 spiro atoms. The van der Waals surface area contributed by atoms with Gasteiger partial charge in [-0.15, -0.1) is 0 Å². The number of halogens is 1. The van der Waals surface area contributed by atoms with E-state index in [9.17, 15) is 14.0 Å². The van der Waals surface area contributed by atoms with Gasteiger partial charge in [-0.05, 0) is 24.3 Å². The molecule has 7 heteroatoms. The van der Waals surface area contributed by atoms with Gasteiger partial charge in [-0.2, -0.15) is 0 Å². The van der Waals surface area contributed by atoms with E-state index in [2.05, 4.69) is 10.2 Å². The lowest BCUT2D eigenvalue weighted by Gasteiger charge is -2.36. The Hall–Kier alpha value is -3.19. The van der Waals surface area contributed by atoms with E-state index >= 15 is 0 Å². The van der Waals surface area contributed by atoms with Crippen LogP contribution >= 0.6 is 0 Å². The lowest BCUT2D eigenvalue weighted by molar-refractivity contribution is 0.0920. The number of hydrogen-bond acceptors (Lipinski definition) is 5. The molecule has 0 atom stereocenters. The maximum Gasteiger partial charge on any atom is 0.287 e. The predicted octanol–water partition coefficient (Wildman–Crippen LogP) is 2.48. The zero-order valence-corrected chi connectivity index (χ0v) is 15.9. The molecule has 2 heterocycles. The van der Waals surface area contributed by atoms with Crippen molar-refractivity contribution in [3.8, 4) is 0 Å². The minimum atomic E-state index is -0.405. The third kappa shape index (κ3) is 4.30. The largest absolute Gasteiger partial charge is 0.451 e. The van der Waals surface area contributed by atoms with Crippen molar-refractivity contribution >= 4 is 22.6 Å². The molecule has 1 aromatic heterocycles. The van der Waals surface area contributed by atoms with Crippen molar-refractivity contribution in [3.05, 3.63) is 76.4 Å². The maximum absolute atomic E-state index is 13.9. The smallest absolute Gasteiger partial charge is 0.287 e. The van der Waals surface area contributed by atoms with Gasteiger partial charge in [0, 0.05) is 45.3 Å². The summed E-state index contributed by atoms with van der Waals surface area (Å²) < 4.78 is 19.5. The van der Waals surface area contributed by atoms with Crippen LogP contribution in [0.4, 0.5) is 10.1 Å². The number of rotatable bonds is 5. The maximum atomic E-state index is 13.9. The zero-order chi connectivity index (χ0) is 20.2. The van der Waals surface area contributed by atoms with Crippen LogP contribution in [0.3, 0.4) is 0 Å². The quantitative estimate of drug-likeness (QED) is 0.719. The van der Waals surface area contributed by atoms with Crippen LogP contribution in [0.15, 0.2) is 63.8 Å². The highest BCUT2D eigenvalue weighted by Crippen LogP contribution is 2.20. The van der Waals surface area contributed by atoms with Crippen LogP contribution in [-0.4, -0.2) is 50.1 Å². The monoisotopic (exact) mass is 395 g/mol. The Morgan fingerprint density at radius 3 is 2.55 bits per heavy atom. The molecule has 0 bridgehead atoms. The number of benzene rings is 2. The van der Waals surface area contributed by atoms with Crippen LogP contribution in [0.1, 0.15) is 10.6 Å². The third-order valence-electron chi connectivity index (χ3n) is 5.14. The topological polar surface area (TPSA) is 65.8 Å². The average molecular weight is 395 g/mol. The number of nitrogens with zero attached hydrogens (tertiary/aromatic N) is 2.